The Morgan fingerprint density at radius 3 is 2.94 bits per heavy atom. The quantitative estimate of drug-likeness (QED) is 0.703. The van der Waals surface area contributed by atoms with Crippen LogP contribution in [0, 0.1) is 0 Å². The van der Waals surface area contributed by atoms with Gasteiger partial charge in [0.25, 0.3) is 0 Å². The number of aromatic nitrogens is 1. The van der Waals surface area contributed by atoms with E-state index in [0.29, 0.717) is 0 Å². The fourth-order valence-corrected chi connectivity index (χ4v) is 2.56. The summed E-state index contributed by atoms with van der Waals surface area (Å²) in [6, 6.07) is 10.3. The minimum absolute atomic E-state index is 0.284. The number of benzene rings is 1. The van der Waals surface area contributed by atoms with Crippen LogP contribution in [0.5, 0.6) is 0 Å². The monoisotopic (exact) mass is 232 g/mol. The van der Waals surface area contributed by atoms with Crippen molar-refractivity contribution < 1.29 is 0 Å². The van der Waals surface area contributed by atoms with E-state index in [1.165, 1.54) is 11.1 Å². The zero-order chi connectivity index (χ0) is 11.0. The van der Waals surface area contributed by atoms with Crippen LogP contribution in [0.2, 0.25) is 0 Å². The highest BCUT2D eigenvalue weighted by atomic mass is 35.5. The molecule has 2 aromatic rings. The van der Waals surface area contributed by atoms with Crippen LogP contribution in [0.25, 0.3) is 10.9 Å². The van der Waals surface area contributed by atoms with E-state index in [9.17, 15) is 0 Å². The van der Waals surface area contributed by atoms with Crippen molar-refractivity contribution in [3.63, 3.8) is 0 Å². The molecule has 1 aromatic heterocycles. The molecule has 1 aliphatic rings. The molecule has 1 aromatic carbocycles. The second-order valence-corrected chi connectivity index (χ2v) is 4.80. The van der Waals surface area contributed by atoms with Gasteiger partial charge in [0, 0.05) is 30.4 Å². The molecule has 1 aliphatic heterocycles. The number of nitrogens with zero attached hydrogens (tertiary/aromatic N) is 2. The molecule has 82 valence electrons. The average molecular weight is 233 g/mol. The number of hydrogen-bond donors (Lipinski definition) is 0. The Balaban J connectivity index is 2.09. The summed E-state index contributed by atoms with van der Waals surface area (Å²) >= 11 is 6.15. The molecule has 1 unspecified atom stereocenters. The van der Waals surface area contributed by atoms with E-state index in [4.69, 9.17) is 11.6 Å². The number of anilines is 1. The van der Waals surface area contributed by atoms with E-state index >= 15 is 0 Å². The Morgan fingerprint density at radius 2 is 2.12 bits per heavy atom. The van der Waals surface area contributed by atoms with Gasteiger partial charge in [-0.15, -0.1) is 11.6 Å². The number of halogens is 1. The fourth-order valence-electron chi connectivity index (χ4n) is 2.29. The number of rotatable bonds is 1. The summed E-state index contributed by atoms with van der Waals surface area (Å²) in [5.41, 5.74) is 2.31. The van der Waals surface area contributed by atoms with Crippen LogP contribution in [0.1, 0.15) is 6.42 Å². The van der Waals surface area contributed by atoms with Crippen molar-refractivity contribution in [2.75, 3.05) is 18.0 Å². The number of pyridine rings is 1. The van der Waals surface area contributed by atoms with Gasteiger partial charge in [-0.2, -0.15) is 0 Å². The van der Waals surface area contributed by atoms with Gasteiger partial charge in [-0.3, -0.25) is 4.98 Å². The lowest BCUT2D eigenvalue weighted by Crippen LogP contribution is -2.19. The van der Waals surface area contributed by atoms with Gasteiger partial charge in [-0.05, 0) is 18.6 Å². The highest BCUT2D eigenvalue weighted by Gasteiger charge is 2.21. The first kappa shape index (κ1) is 9.91. The highest BCUT2D eigenvalue weighted by Crippen LogP contribution is 2.29. The summed E-state index contributed by atoms with van der Waals surface area (Å²) in [4.78, 5) is 6.72. The second-order valence-electron chi connectivity index (χ2n) is 4.18. The van der Waals surface area contributed by atoms with E-state index in [-0.39, 0.29) is 5.38 Å². The first-order valence-corrected chi connectivity index (χ1v) is 6.01. The van der Waals surface area contributed by atoms with E-state index in [1.807, 2.05) is 18.3 Å². The van der Waals surface area contributed by atoms with E-state index in [1.54, 1.807) is 0 Å². The lowest BCUT2D eigenvalue weighted by Gasteiger charge is -2.19. The molecule has 2 nitrogen and oxygen atoms in total. The van der Waals surface area contributed by atoms with Crippen molar-refractivity contribution in [3.05, 3.63) is 36.5 Å². The van der Waals surface area contributed by atoms with Gasteiger partial charge in [0.2, 0.25) is 0 Å². The van der Waals surface area contributed by atoms with Crippen LogP contribution in [0.3, 0.4) is 0 Å². The van der Waals surface area contributed by atoms with Crippen LogP contribution < -0.4 is 4.90 Å². The lowest BCUT2D eigenvalue weighted by atomic mass is 10.2. The summed E-state index contributed by atoms with van der Waals surface area (Å²) in [6.07, 6.45) is 2.94. The number of alkyl halides is 1. The third-order valence-corrected chi connectivity index (χ3v) is 3.45. The first-order chi connectivity index (χ1) is 7.84. The number of hydrogen-bond acceptors (Lipinski definition) is 2. The average Bonchev–Trinajstić information content (AvgIpc) is 2.75. The molecule has 0 bridgehead atoms. The van der Waals surface area contributed by atoms with Crippen LogP contribution in [0.4, 0.5) is 5.69 Å². The molecule has 2 heterocycles. The summed E-state index contributed by atoms with van der Waals surface area (Å²) in [7, 11) is 0. The third kappa shape index (κ3) is 1.63. The maximum Gasteiger partial charge on any atom is 0.0722 e. The van der Waals surface area contributed by atoms with Gasteiger partial charge in [0.1, 0.15) is 0 Å². The van der Waals surface area contributed by atoms with Gasteiger partial charge < -0.3 is 4.90 Å². The van der Waals surface area contributed by atoms with Gasteiger partial charge in [0.15, 0.2) is 0 Å². The predicted molar refractivity (Wildman–Crippen MR) is 68.2 cm³/mol. The van der Waals surface area contributed by atoms with Crippen molar-refractivity contribution in [3.8, 4) is 0 Å². The molecule has 1 atom stereocenters. The standard InChI is InChI=1S/C13H13ClN2/c14-10-6-8-16(9-10)13-5-7-15-12-4-2-1-3-11(12)13/h1-5,7,10H,6,8-9H2. The molecule has 3 rings (SSSR count). The van der Waals surface area contributed by atoms with Crippen molar-refractivity contribution in [2.45, 2.75) is 11.8 Å². The van der Waals surface area contributed by atoms with E-state index in [0.717, 1.165) is 25.0 Å². The van der Waals surface area contributed by atoms with Crippen molar-refractivity contribution in [2.24, 2.45) is 0 Å². The molecular formula is C13H13ClN2. The molecule has 0 aliphatic carbocycles. The maximum atomic E-state index is 6.15. The maximum absolute atomic E-state index is 6.15. The SMILES string of the molecule is ClC1CCN(c2ccnc3ccccc23)C1. The molecular weight excluding hydrogens is 220 g/mol. The molecule has 0 spiro atoms. The van der Waals surface area contributed by atoms with Crippen LogP contribution in [0.15, 0.2) is 36.5 Å². The molecule has 0 saturated carbocycles. The molecule has 3 heteroatoms. The topological polar surface area (TPSA) is 16.1 Å². The van der Waals surface area contributed by atoms with E-state index in [2.05, 4.69) is 28.1 Å². The zero-order valence-electron chi connectivity index (χ0n) is 8.94. The zero-order valence-corrected chi connectivity index (χ0v) is 9.69. The first-order valence-electron chi connectivity index (χ1n) is 5.57. The largest absolute Gasteiger partial charge is 0.369 e. The molecule has 1 saturated heterocycles. The molecule has 0 radical (unpaired) electrons. The third-order valence-electron chi connectivity index (χ3n) is 3.10. The minimum Gasteiger partial charge on any atom is -0.369 e. The Kier molecular flexibility index (Phi) is 2.44. The number of para-hydroxylation sites is 1. The number of fused-ring (bicyclic) bond motifs is 1. The van der Waals surface area contributed by atoms with Gasteiger partial charge in [-0.25, -0.2) is 0 Å². The summed E-state index contributed by atoms with van der Waals surface area (Å²) < 4.78 is 0. The smallest absolute Gasteiger partial charge is 0.0722 e. The van der Waals surface area contributed by atoms with Gasteiger partial charge >= 0.3 is 0 Å². The van der Waals surface area contributed by atoms with Crippen LogP contribution in [-0.4, -0.2) is 23.5 Å². The summed E-state index contributed by atoms with van der Waals surface area (Å²) in [5, 5.41) is 1.50. The Morgan fingerprint density at radius 1 is 1.25 bits per heavy atom. The molecule has 16 heavy (non-hydrogen) atoms. The summed E-state index contributed by atoms with van der Waals surface area (Å²) in [5.74, 6) is 0. The lowest BCUT2D eigenvalue weighted by molar-refractivity contribution is 0.958. The fraction of sp³-hybridized carbons (Fsp3) is 0.308. The normalized spacial score (nSPS) is 20.6. The highest BCUT2D eigenvalue weighted by molar-refractivity contribution is 6.21. The molecule has 0 N–H and O–H groups in total. The van der Waals surface area contributed by atoms with Crippen molar-refractivity contribution in [1.29, 1.82) is 0 Å². The Labute approximate surface area is 99.8 Å². The van der Waals surface area contributed by atoms with Gasteiger partial charge in [-0.1, -0.05) is 18.2 Å². The summed E-state index contributed by atoms with van der Waals surface area (Å²) in [6.45, 7) is 1.98. The Hall–Kier alpha value is -1.28. The Bertz CT molecular complexity index is 507. The van der Waals surface area contributed by atoms with Gasteiger partial charge in [0.05, 0.1) is 10.9 Å². The van der Waals surface area contributed by atoms with E-state index < -0.39 is 0 Å². The van der Waals surface area contributed by atoms with Crippen LogP contribution >= 0.6 is 11.6 Å². The van der Waals surface area contributed by atoms with Crippen molar-refractivity contribution in [1.82, 2.24) is 4.98 Å². The predicted octanol–water partition coefficient (Wildman–Crippen LogP) is 3.05. The second kappa shape index (κ2) is 3.95. The molecule has 1 fully saturated rings. The molecule has 0 amide bonds. The minimum atomic E-state index is 0.284. The van der Waals surface area contributed by atoms with Crippen molar-refractivity contribution >= 4 is 28.2 Å². The van der Waals surface area contributed by atoms with Crippen LogP contribution in [-0.2, 0) is 0 Å².